The molecule has 1 aliphatic rings. The summed E-state index contributed by atoms with van der Waals surface area (Å²) in [6, 6.07) is 0. The first kappa shape index (κ1) is 12.5. The zero-order valence-electron chi connectivity index (χ0n) is 9.80. The second-order valence-electron chi connectivity index (χ2n) is 4.99. The van der Waals surface area contributed by atoms with Crippen LogP contribution in [-0.4, -0.2) is 35.4 Å². The van der Waals surface area contributed by atoms with Crippen molar-refractivity contribution in [2.75, 3.05) is 13.2 Å². The van der Waals surface area contributed by atoms with Crippen molar-refractivity contribution in [3.05, 3.63) is 0 Å². The van der Waals surface area contributed by atoms with E-state index in [1.807, 2.05) is 20.8 Å². The molecule has 0 aromatic rings. The van der Waals surface area contributed by atoms with Crippen LogP contribution in [0.2, 0.25) is 0 Å². The van der Waals surface area contributed by atoms with Gasteiger partial charge in [0.05, 0.1) is 0 Å². The first-order valence-electron chi connectivity index (χ1n) is 5.47. The molecular formula is C11H21NO3. The highest BCUT2D eigenvalue weighted by Gasteiger charge is 2.39. The molecule has 0 saturated carbocycles. The fraction of sp³-hybridized carbons (Fsp3) is 0.909. The Kier molecular flexibility index (Phi) is 3.73. The second-order valence-corrected chi connectivity index (χ2v) is 4.99. The number of nitrogens with one attached hydrogen (secondary N) is 1. The molecule has 0 radical (unpaired) electrons. The van der Waals surface area contributed by atoms with Crippen LogP contribution < -0.4 is 5.32 Å². The largest absolute Gasteiger partial charge is 0.396 e. The van der Waals surface area contributed by atoms with E-state index in [4.69, 9.17) is 9.84 Å². The van der Waals surface area contributed by atoms with E-state index >= 15 is 0 Å². The molecule has 4 heteroatoms. The van der Waals surface area contributed by atoms with Gasteiger partial charge in [-0.05, 0) is 40.0 Å². The first-order chi connectivity index (χ1) is 6.90. The van der Waals surface area contributed by atoms with Crippen LogP contribution in [-0.2, 0) is 9.53 Å². The summed E-state index contributed by atoms with van der Waals surface area (Å²) < 4.78 is 5.45. The average molecular weight is 215 g/mol. The van der Waals surface area contributed by atoms with Crippen LogP contribution in [0, 0.1) is 0 Å². The van der Waals surface area contributed by atoms with Gasteiger partial charge in [-0.3, -0.25) is 4.79 Å². The van der Waals surface area contributed by atoms with Gasteiger partial charge in [0, 0.05) is 18.8 Å². The number of carbonyl (C=O) groups is 1. The maximum Gasteiger partial charge on any atom is 0.252 e. The minimum atomic E-state index is -0.674. The number of aliphatic hydroxyl groups is 1. The molecule has 1 rings (SSSR count). The molecule has 4 nitrogen and oxygen atoms in total. The fourth-order valence-electron chi connectivity index (χ4n) is 1.74. The quantitative estimate of drug-likeness (QED) is 0.730. The van der Waals surface area contributed by atoms with Gasteiger partial charge in [0.1, 0.15) is 5.60 Å². The van der Waals surface area contributed by atoms with Gasteiger partial charge in [-0.2, -0.15) is 0 Å². The van der Waals surface area contributed by atoms with Crippen LogP contribution in [0.1, 0.15) is 40.0 Å². The van der Waals surface area contributed by atoms with Gasteiger partial charge >= 0.3 is 0 Å². The van der Waals surface area contributed by atoms with E-state index in [0.29, 0.717) is 13.0 Å². The summed E-state index contributed by atoms with van der Waals surface area (Å²) in [7, 11) is 0. The number of hydrogen-bond acceptors (Lipinski definition) is 3. The summed E-state index contributed by atoms with van der Waals surface area (Å²) in [6.07, 6.45) is 2.26. The fourth-order valence-corrected chi connectivity index (χ4v) is 1.74. The lowest BCUT2D eigenvalue weighted by Gasteiger charge is -2.31. The van der Waals surface area contributed by atoms with Crippen molar-refractivity contribution >= 4 is 5.91 Å². The minimum absolute atomic E-state index is 0.0709. The van der Waals surface area contributed by atoms with E-state index in [1.165, 1.54) is 0 Å². The highest BCUT2D eigenvalue weighted by Crippen LogP contribution is 2.26. The third-order valence-electron chi connectivity index (χ3n) is 2.89. The van der Waals surface area contributed by atoms with Crippen LogP contribution in [0.4, 0.5) is 0 Å². The van der Waals surface area contributed by atoms with E-state index in [9.17, 15) is 4.79 Å². The summed E-state index contributed by atoms with van der Waals surface area (Å²) in [5.41, 5.74) is -1.05. The standard InChI is InChI=1S/C11H21NO3/c1-10(2,6-7-13)12-9(14)11(3)5-4-8-15-11/h13H,4-8H2,1-3H3,(H,12,14). The Hall–Kier alpha value is -0.610. The van der Waals surface area contributed by atoms with Crippen LogP contribution in [0.15, 0.2) is 0 Å². The van der Waals surface area contributed by atoms with Gasteiger partial charge in [0.25, 0.3) is 5.91 Å². The molecule has 0 aliphatic carbocycles. The molecule has 1 aliphatic heterocycles. The monoisotopic (exact) mass is 215 g/mol. The molecule has 88 valence electrons. The Morgan fingerprint density at radius 2 is 2.27 bits per heavy atom. The van der Waals surface area contributed by atoms with Crippen molar-refractivity contribution in [3.8, 4) is 0 Å². The van der Waals surface area contributed by atoms with Crippen molar-refractivity contribution in [1.82, 2.24) is 5.32 Å². The lowest BCUT2D eigenvalue weighted by atomic mass is 9.96. The predicted octanol–water partition coefficient (Wildman–Crippen LogP) is 0.833. The van der Waals surface area contributed by atoms with E-state index in [0.717, 1.165) is 12.8 Å². The maximum atomic E-state index is 11.9. The smallest absolute Gasteiger partial charge is 0.252 e. The van der Waals surface area contributed by atoms with Crippen molar-refractivity contribution < 1.29 is 14.6 Å². The molecule has 1 unspecified atom stereocenters. The molecule has 0 aromatic carbocycles. The lowest BCUT2D eigenvalue weighted by Crippen LogP contribution is -2.52. The van der Waals surface area contributed by atoms with Crippen LogP contribution in [0.25, 0.3) is 0 Å². The Labute approximate surface area is 91.0 Å². The molecular weight excluding hydrogens is 194 g/mol. The SMILES string of the molecule is CC(C)(CCO)NC(=O)C1(C)CCCO1. The van der Waals surface area contributed by atoms with Crippen molar-refractivity contribution in [2.24, 2.45) is 0 Å². The molecule has 1 amide bonds. The molecule has 0 aromatic heterocycles. The normalized spacial score (nSPS) is 26.7. The van der Waals surface area contributed by atoms with Gasteiger partial charge in [-0.25, -0.2) is 0 Å². The number of amides is 1. The Balaban J connectivity index is 2.54. The number of ether oxygens (including phenoxy) is 1. The molecule has 15 heavy (non-hydrogen) atoms. The Morgan fingerprint density at radius 1 is 1.60 bits per heavy atom. The van der Waals surface area contributed by atoms with E-state index in [1.54, 1.807) is 0 Å². The van der Waals surface area contributed by atoms with Crippen molar-refractivity contribution in [2.45, 2.75) is 51.2 Å². The number of carbonyl (C=O) groups excluding carboxylic acids is 1. The van der Waals surface area contributed by atoms with Gasteiger partial charge in [-0.15, -0.1) is 0 Å². The highest BCUT2D eigenvalue weighted by atomic mass is 16.5. The van der Waals surface area contributed by atoms with Gasteiger partial charge in [0.15, 0.2) is 0 Å². The van der Waals surface area contributed by atoms with Gasteiger partial charge < -0.3 is 15.2 Å². The molecule has 1 saturated heterocycles. The van der Waals surface area contributed by atoms with Crippen LogP contribution in [0.3, 0.4) is 0 Å². The van der Waals surface area contributed by atoms with Crippen molar-refractivity contribution in [3.63, 3.8) is 0 Å². The molecule has 1 fully saturated rings. The number of rotatable bonds is 4. The van der Waals surface area contributed by atoms with Gasteiger partial charge in [0.2, 0.25) is 0 Å². The summed E-state index contributed by atoms with van der Waals surface area (Å²) in [5.74, 6) is -0.0709. The minimum Gasteiger partial charge on any atom is -0.396 e. The topological polar surface area (TPSA) is 58.6 Å². The van der Waals surface area contributed by atoms with E-state index < -0.39 is 5.60 Å². The second kappa shape index (κ2) is 4.49. The maximum absolute atomic E-state index is 11.9. The zero-order chi connectivity index (χ0) is 11.5. The predicted molar refractivity (Wildman–Crippen MR) is 57.5 cm³/mol. The van der Waals surface area contributed by atoms with Gasteiger partial charge in [-0.1, -0.05) is 0 Å². The molecule has 0 spiro atoms. The summed E-state index contributed by atoms with van der Waals surface area (Å²) >= 11 is 0. The third-order valence-corrected chi connectivity index (χ3v) is 2.89. The van der Waals surface area contributed by atoms with E-state index in [2.05, 4.69) is 5.32 Å². The molecule has 2 N–H and O–H groups in total. The lowest BCUT2D eigenvalue weighted by molar-refractivity contribution is -0.141. The van der Waals surface area contributed by atoms with Crippen molar-refractivity contribution in [1.29, 1.82) is 0 Å². The highest BCUT2D eigenvalue weighted by molar-refractivity contribution is 5.85. The summed E-state index contributed by atoms with van der Waals surface area (Å²) in [4.78, 5) is 11.9. The molecule has 1 heterocycles. The average Bonchev–Trinajstić information content (AvgIpc) is 2.52. The third kappa shape index (κ3) is 3.18. The number of hydrogen-bond donors (Lipinski definition) is 2. The molecule has 1 atom stereocenters. The summed E-state index contributed by atoms with van der Waals surface area (Å²) in [6.45, 7) is 6.36. The van der Waals surface area contributed by atoms with E-state index in [-0.39, 0.29) is 18.1 Å². The number of aliphatic hydroxyl groups excluding tert-OH is 1. The van der Waals surface area contributed by atoms with Crippen LogP contribution >= 0.6 is 0 Å². The zero-order valence-corrected chi connectivity index (χ0v) is 9.80. The Morgan fingerprint density at radius 3 is 2.73 bits per heavy atom. The van der Waals surface area contributed by atoms with Crippen LogP contribution in [0.5, 0.6) is 0 Å². The Bertz CT molecular complexity index is 232. The summed E-state index contributed by atoms with van der Waals surface area (Å²) in [5, 5.41) is 11.8. The molecule has 0 bridgehead atoms. The first-order valence-corrected chi connectivity index (χ1v) is 5.47.